The highest BCUT2D eigenvalue weighted by Gasteiger charge is 2.20. The number of thiazole rings is 1. The van der Waals surface area contributed by atoms with Gasteiger partial charge in [0, 0.05) is 23.4 Å². The zero-order valence-electron chi connectivity index (χ0n) is 12.9. The minimum absolute atomic E-state index is 0.0786. The fourth-order valence-electron chi connectivity index (χ4n) is 2.44. The lowest BCUT2D eigenvalue weighted by Gasteiger charge is -2.03. The van der Waals surface area contributed by atoms with Crippen LogP contribution in [0, 0.1) is 0 Å². The Morgan fingerprint density at radius 2 is 2.17 bits per heavy atom. The molecule has 0 bridgehead atoms. The summed E-state index contributed by atoms with van der Waals surface area (Å²) in [5, 5.41) is 2.69. The fraction of sp³-hybridized carbons (Fsp3) is 0.188. The first kappa shape index (κ1) is 16.9. The van der Waals surface area contributed by atoms with Crippen LogP contribution in [0.2, 0.25) is 0 Å². The summed E-state index contributed by atoms with van der Waals surface area (Å²) in [6.07, 6.45) is 2.05. The molecule has 2 heterocycles. The highest BCUT2D eigenvalue weighted by atomic mass is 32.1. The van der Waals surface area contributed by atoms with Crippen molar-refractivity contribution in [1.82, 2.24) is 9.55 Å². The number of carbonyl (C=O) groups is 2. The number of fused-ring (bicyclic) bond motifs is 1. The highest BCUT2D eigenvalue weighted by Crippen LogP contribution is 2.26. The summed E-state index contributed by atoms with van der Waals surface area (Å²) in [5.41, 5.74) is 1.67. The van der Waals surface area contributed by atoms with Gasteiger partial charge in [-0.2, -0.15) is 0 Å². The van der Waals surface area contributed by atoms with Gasteiger partial charge >= 0.3 is 0 Å². The number of hydrogen-bond acceptors (Lipinski definition) is 6. The van der Waals surface area contributed by atoms with Crippen molar-refractivity contribution < 1.29 is 19.0 Å². The van der Waals surface area contributed by atoms with Gasteiger partial charge in [-0.25, -0.2) is 4.98 Å². The summed E-state index contributed by atoms with van der Waals surface area (Å²) in [5.74, 6) is -0.304. The Kier molecular flexibility index (Phi) is 5.16. The van der Waals surface area contributed by atoms with Gasteiger partial charge in [-0.1, -0.05) is 25.1 Å². The first-order valence-corrected chi connectivity index (χ1v) is 9.01. The van der Waals surface area contributed by atoms with Gasteiger partial charge in [0.25, 0.3) is 0 Å². The van der Waals surface area contributed by atoms with Crippen LogP contribution in [0.1, 0.15) is 39.2 Å². The van der Waals surface area contributed by atoms with Crippen molar-refractivity contribution in [2.45, 2.75) is 20.1 Å². The molecule has 0 aliphatic carbocycles. The number of aromatic nitrogens is 2. The molecule has 0 aliphatic heterocycles. The summed E-state index contributed by atoms with van der Waals surface area (Å²) in [4.78, 5) is 37.5. The van der Waals surface area contributed by atoms with Crippen molar-refractivity contribution >= 4 is 42.8 Å². The molecule has 1 aromatic carbocycles. The molecule has 0 spiro atoms. The summed E-state index contributed by atoms with van der Waals surface area (Å²) in [6, 6.07) is 7.46. The van der Waals surface area contributed by atoms with Crippen molar-refractivity contribution in [3.8, 4) is 0 Å². The van der Waals surface area contributed by atoms with Crippen molar-refractivity contribution in [3.63, 3.8) is 0 Å². The van der Waals surface area contributed by atoms with E-state index in [1.165, 1.54) is 11.3 Å². The van der Waals surface area contributed by atoms with Crippen LogP contribution in [-0.2, 0) is 11.3 Å². The van der Waals surface area contributed by atoms with Crippen molar-refractivity contribution in [3.05, 3.63) is 52.1 Å². The molecule has 3 aromatic rings. The van der Waals surface area contributed by atoms with Gasteiger partial charge in [0.15, 0.2) is 19.8 Å². The van der Waals surface area contributed by atoms with Crippen LogP contribution in [0.4, 0.5) is 0 Å². The van der Waals surface area contributed by atoms with Gasteiger partial charge in [-0.15, -0.1) is 11.3 Å². The predicted octanol–water partition coefficient (Wildman–Crippen LogP) is 3.40. The molecule has 3 rings (SSSR count). The molecule has 0 saturated carbocycles. The largest absolute Gasteiger partial charge is 0.352 e. The Morgan fingerprint density at radius 3 is 2.92 bits per heavy atom. The Balaban J connectivity index is 2.00. The zero-order chi connectivity index (χ0) is 17.1. The lowest BCUT2D eigenvalue weighted by molar-refractivity contribution is 0.0984. The maximum Gasteiger partial charge on any atom is 0.223 e. The van der Waals surface area contributed by atoms with Crippen LogP contribution >= 0.6 is 20.4 Å². The van der Waals surface area contributed by atoms with Gasteiger partial charge < -0.3 is 14.0 Å². The maximum atomic E-state index is 12.8. The van der Waals surface area contributed by atoms with Crippen molar-refractivity contribution in [1.29, 1.82) is 0 Å². The van der Waals surface area contributed by atoms with Gasteiger partial charge in [-0.05, 0) is 6.07 Å². The number of Topliss-reactive ketones (excluding diaryl/α,β-unsaturated/α-hetero) is 1. The van der Waals surface area contributed by atoms with Gasteiger partial charge in [0.2, 0.25) is 5.78 Å². The van der Waals surface area contributed by atoms with E-state index in [-0.39, 0.29) is 18.3 Å². The molecule has 8 heteroatoms. The van der Waals surface area contributed by atoms with E-state index in [1.807, 2.05) is 24.3 Å². The molecule has 2 aromatic heterocycles. The maximum absolute atomic E-state index is 12.8. The number of para-hydroxylation sites is 1. The molecule has 0 fully saturated rings. The quantitative estimate of drug-likeness (QED) is 0.515. The second-order valence-electron chi connectivity index (χ2n) is 5.04. The molecule has 1 unspecified atom stereocenters. The van der Waals surface area contributed by atoms with Crippen molar-refractivity contribution in [2.24, 2.45) is 0 Å². The minimum Gasteiger partial charge on any atom is -0.352 e. The van der Waals surface area contributed by atoms with Gasteiger partial charge in [0.1, 0.15) is 12.4 Å². The molecular weight excluding hydrogens is 347 g/mol. The van der Waals surface area contributed by atoms with E-state index in [0.717, 1.165) is 10.9 Å². The average Bonchev–Trinajstić information content (AvgIpc) is 3.24. The smallest absolute Gasteiger partial charge is 0.223 e. The van der Waals surface area contributed by atoms with Crippen LogP contribution in [0.25, 0.3) is 10.9 Å². The molecule has 24 heavy (non-hydrogen) atoms. The Bertz CT molecular complexity index is 903. The predicted molar refractivity (Wildman–Crippen MR) is 93.7 cm³/mol. The zero-order valence-corrected chi connectivity index (χ0v) is 14.7. The van der Waals surface area contributed by atoms with E-state index in [2.05, 4.69) is 4.98 Å². The second kappa shape index (κ2) is 7.32. The first-order chi connectivity index (χ1) is 11.7. The Morgan fingerprint density at radius 1 is 1.38 bits per heavy atom. The molecule has 0 saturated heterocycles. The molecule has 0 amide bonds. The normalized spacial score (nSPS) is 11.6. The third kappa shape index (κ3) is 3.16. The lowest BCUT2D eigenvalue weighted by Crippen LogP contribution is -2.03. The molecule has 1 atom stereocenters. The van der Waals surface area contributed by atoms with Crippen LogP contribution in [-0.4, -0.2) is 26.0 Å². The molecule has 0 aliphatic rings. The number of ketones is 2. The lowest BCUT2D eigenvalue weighted by atomic mass is 10.1. The van der Waals surface area contributed by atoms with E-state index < -0.39 is 9.03 Å². The van der Waals surface area contributed by atoms with Crippen LogP contribution in [0.15, 0.2) is 35.8 Å². The molecule has 1 N–H and O–H groups in total. The van der Waals surface area contributed by atoms with Gasteiger partial charge in [-0.3, -0.25) is 9.59 Å². The topological polar surface area (TPSA) is 81.4 Å². The standard InChI is InChI=1S/C16H15N2O4PS/c1-2-14(19)12-8-24-16(17-12)15(20)11-7-18(9-22-23-21)13-6-4-3-5-10(11)13/h3-8,21,23H,2,9H2,1H3. The third-order valence-corrected chi connectivity index (χ3v) is 4.71. The van der Waals surface area contributed by atoms with Gasteiger partial charge in [0.05, 0.1) is 11.1 Å². The van der Waals surface area contributed by atoms with E-state index in [0.29, 0.717) is 22.7 Å². The fourth-order valence-corrected chi connectivity index (χ4v) is 3.41. The first-order valence-electron chi connectivity index (χ1n) is 7.28. The Labute approximate surface area is 144 Å². The monoisotopic (exact) mass is 362 g/mol. The van der Waals surface area contributed by atoms with Crippen molar-refractivity contribution in [2.75, 3.05) is 0 Å². The molecule has 6 nitrogen and oxygen atoms in total. The van der Waals surface area contributed by atoms with E-state index in [4.69, 9.17) is 9.42 Å². The van der Waals surface area contributed by atoms with Crippen LogP contribution in [0.3, 0.4) is 0 Å². The number of nitrogens with zero attached hydrogens (tertiary/aromatic N) is 2. The van der Waals surface area contributed by atoms with E-state index >= 15 is 0 Å². The number of carbonyl (C=O) groups excluding carboxylic acids is 2. The van der Waals surface area contributed by atoms with Crippen LogP contribution in [0.5, 0.6) is 0 Å². The summed E-state index contributed by atoms with van der Waals surface area (Å²) >= 11 is 1.17. The van der Waals surface area contributed by atoms with Crippen LogP contribution < -0.4 is 0 Å². The second-order valence-corrected chi connectivity index (χ2v) is 6.37. The number of hydrogen-bond donors (Lipinski definition) is 1. The van der Waals surface area contributed by atoms with E-state index in [9.17, 15) is 9.59 Å². The third-order valence-electron chi connectivity index (χ3n) is 3.61. The summed E-state index contributed by atoms with van der Waals surface area (Å²) < 4.78 is 6.82. The average molecular weight is 362 g/mol. The summed E-state index contributed by atoms with van der Waals surface area (Å²) in [6.45, 7) is 1.92. The Hall–Kier alpha value is -1.92. The minimum atomic E-state index is -0.622. The molecule has 0 radical (unpaired) electrons. The highest BCUT2D eigenvalue weighted by molar-refractivity contribution is 7.24. The SMILES string of the molecule is CCC(=O)c1csc(C(=O)c2cn(COPO)c3ccccc23)n1. The number of benzene rings is 1. The number of rotatable bonds is 7. The molecular formula is C16H15N2O4PS. The summed E-state index contributed by atoms with van der Waals surface area (Å²) in [7, 11) is -0.622. The van der Waals surface area contributed by atoms with E-state index in [1.54, 1.807) is 23.1 Å². The molecule has 124 valence electrons.